The molecule has 2 bridgehead atoms. The molecule has 9 heteroatoms. The Morgan fingerprint density at radius 2 is 2.13 bits per heavy atom. The highest BCUT2D eigenvalue weighted by atomic mass is 16.5. The fourth-order valence-corrected chi connectivity index (χ4v) is 5.15. The van der Waals surface area contributed by atoms with Crippen molar-refractivity contribution >= 4 is 34.5 Å². The van der Waals surface area contributed by atoms with Crippen molar-refractivity contribution in [2.45, 2.75) is 45.3 Å². The van der Waals surface area contributed by atoms with Gasteiger partial charge in [0, 0.05) is 17.8 Å². The molecule has 5 rings (SSSR count). The van der Waals surface area contributed by atoms with Crippen LogP contribution in [0, 0.1) is 17.8 Å². The summed E-state index contributed by atoms with van der Waals surface area (Å²) in [5.41, 5.74) is 8.03. The van der Waals surface area contributed by atoms with Crippen LogP contribution in [0.2, 0.25) is 0 Å². The van der Waals surface area contributed by atoms with Gasteiger partial charge in [0.15, 0.2) is 12.1 Å². The minimum Gasteiger partial charge on any atom is -0.491 e. The Bertz CT molecular complexity index is 1110. The van der Waals surface area contributed by atoms with Crippen molar-refractivity contribution in [1.29, 1.82) is 0 Å². The van der Waals surface area contributed by atoms with Gasteiger partial charge >= 0.3 is 11.6 Å². The van der Waals surface area contributed by atoms with Crippen molar-refractivity contribution < 1.29 is 14.5 Å². The second-order valence-corrected chi connectivity index (χ2v) is 8.80. The largest absolute Gasteiger partial charge is 0.491 e. The predicted octanol–water partition coefficient (Wildman–Crippen LogP) is 2.61. The van der Waals surface area contributed by atoms with Gasteiger partial charge in [0.2, 0.25) is 11.4 Å². The van der Waals surface area contributed by atoms with Crippen molar-refractivity contribution in [3.8, 4) is 5.75 Å². The number of aromatic amines is 2. The second-order valence-electron chi connectivity index (χ2n) is 8.80. The van der Waals surface area contributed by atoms with Gasteiger partial charge in [-0.3, -0.25) is 9.78 Å². The van der Waals surface area contributed by atoms with Crippen molar-refractivity contribution in [3.63, 3.8) is 0 Å². The molecule has 0 spiro atoms. The first-order valence-corrected chi connectivity index (χ1v) is 10.8. The minimum atomic E-state index is -0.228. The van der Waals surface area contributed by atoms with Crippen molar-refractivity contribution in [3.05, 3.63) is 30.6 Å². The lowest BCUT2D eigenvalue weighted by Crippen LogP contribution is -2.42. The number of primary amides is 1. The van der Waals surface area contributed by atoms with Crippen molar-refractivity contribution in [2.24, 2.45) is 23.5 Å². The number of carbonyl (C=O) groups excluding carboxylic acids is 1. The fraction of sp³-hybridized carbons (Fsp3) is 0.455. The molecule has 9 nitrogen and oxygen atoms in total. The Kier molecular flexibility index (Phi) is 4.88. The molecule has 31 heavy (non-hydrogen) atoms. The number of nitrogens with two attached hydrogens (primary N) is 1. The number of carbonyl (C=O) groups is 1. The standard InChI is InChI=1S/C22H27N7O2/c1-11(2)31-15-5-3-4-14(9-15)26-22-28-20-18(24-10-25-20)21(29-22)27-17-13-7-6-12(8-13)16(17)19(23)30/h3-5,9-13,16-17H,6-8H2,1-2H3,(H2,23,30)(H3,24,25,26,27,28,29)/p+1. The summed E-state index contributed by atoms with van der Waals surface area (Å²) in [6, 6.07) is 7.69. The first-order valence-electron chi connectivity index (χ1n) is 10.8. The van der Waals surface area contributed by atoms with Crippen LogP contribution in [-0.4, -0.2) is 33.0 Å². The van der Waals surface area contributed by atoms with Gasteiger partial charge in [0.05, 0.1) is 12.0 Å². The molecule has 2 fully saturated rings. The quantitative estimate of drug-likeness (QED) is 0.463. The van der Waals surface area contributed by atoms with E-state index < -0.39 is 0 Å². The molecule has 2 aliphatic rings. The number of nitrogens with zero attached hydrogens (tertiary/aromatic N) is 2. The molecule has 0 saturated heterocycles. The van der Waals surface area contributed by atoms with Crippen LogP contribution in [0.1, 0.15) is 33.1 Å². The molecule has 3 aromatic rings. The van der Waals surface area contributed by atoms with Gasteiger partial charge in [-0.2, -0.15) is 4.98 Å². The van der Waals surface area contributed by atoms with Crippen LogP contribution in [0.15, 0.2) is 30.6 Å². The number of H-pyrrole nitrogens is 2. The molecule has 6 N–H and O–H groups in total. The monoisotopic (exact) mass is 422 g/mol. The first-order chi connectivity index (χ1) is 15.0. The van der Waals surface area contributed by atoms with E-state index in [9.17, 15) is 4.79 Å². The topological polar surface area (TPSA) is 132 Å². The summed E-state index contributed by atoms with van der Waals surface area (Å²) < 4.78 is 5.78. The van der Waals surface area contributed by atoms with Crippen LogP contribution in [0.3, 0.4) is 0 Å². The summed E-state index contributed by atoms with van der Waals surface area (Å²) in [6.45, 7) is 3.98. The van der Waals surface area contributed by atoms with Crippen molar-refractivity contribution in [2.75, 3.05) is 10.6 Å². The number of rotatable bonds is 7. The molecule has 162 valence electrons. The molecule has 4 atom stereocenters. The van der Waals surface area contributed by atoms with Gasteiger partial charge in [0.1, 0.15) is 5.75 Å². The van der Waals surface area contributed by atoms with Crippen LogP contribution in [0.25, 0.3) is 11.2 Å². The van der Waals surface area contributed by atoms with Gasteiger partial charge in [0.25, 0.3) is 0 Å². The van der Waals surface area contributed by atoms with E-state index in [1.54, 1.807) is 6.33 Å². The zero-order valence-electron chi connectivity index (χ0n) is 17.7. The molecular weight excluding hydrogens is 394 g/mol. The molecule has 4 unspecified atom stereocenters. The molecule has 0 radical (unpaired) electrons. The summed E-state index contributed by atoms with van der Waals surface area (Å²) in [6.07, 6.45) is 5.05. The number of hydrogen-bond donors (Lipinski definition) is 4. The van der Waals surface area contributed by atoms with E-state index >= 15 is 0 Å². The molecule has 1 aromatic carbocycles. The lowest BCUT2D eigenvalue weighted by Gasteiger charge is -2.29. The summed E-state index contributed by atoms with van der Waals surface area (Å²) in [5.74, 6) is 2.30. The molecule has 2 heterocycles. The van der Waals surface area contributed by atoms with Crippen molar-refractivity contribution in [1.82, 2.24) is 15.0 Å². The maximum atomic E-state index is 12.1. The Morgan fingerprint density at radius 1 is 1.29 bits per heavy atom. The highest BCUT2D eigenvalue weighted by Crippen LogP contribution is 2.49. The number of ether oxygens (including phenoxy) is 1. The molecular formula is C22H28N7O2+. The Morgan fingerprint density at radius 3 is 2.94 bits per heavy atom. The first kappa shape index (κ1) is 19.6. The molecule has 1 amide bonds. The van der Waals surface area contributed by atoms with E-state index in [1.165, 1.54) is 0 Å². The van der Waals surface area contributed by atoms with Gasteiger partial charge < -0.3 is 21.1 Å². The zero-order valence-corrected chi connectivity index (χ0v) is 17.7. The van der Waals surface area contributed by atoms with E-state index in [-0.39, 0.29) is 24.0 Å². The normalized spacial score (nSPS) is 24.6. The van der Waals surface area contributed by atoms with Crippen LogP contribution >= 0.6 is 0 Å². The predicted molar refractivity (Wildman–Crippen MR) is 117 cm³/mol. The molecule has 0 aliphatic heterocycles. The number of nitrogens with one attached hydrogen (secondary N) is 4. The highest BCUT2D eigenvalue weighted by molar-refractivity contribution is 5.84. The third-order valence-corrected chi connectivity index (χ3v) is 6.34. The maximum Gasteiger partial charge on any atom is 0.307 e. The van der Waals surface area contributed by atoms with Crippen LogP contribution in [-0.2, 0) is 4.79 Å². The lowest BCUT2D eigenvalue weighted by molar-refractivity contribution is -0.347. The summed E-state index contributed by atoms with van der Waals surface area (Å²) in [7, 11) is 0. The fourth-order valence-electron chi connectivity index (χ4n) is 5.15. The van der Waals surface area contributed by atoms with Crippen LogP contribution < -0.4 is 26.1 Å². The van der Waals surface area contributed by atoms with E-state index in [1.807, 2.05) is 38.1 Å². The van der Waals surface area contributed by atoms with Gasteiger partial charge in [-0.05, 0) is 57.1 Å². The Hall–Kier alpha value is -3.36. The molecule has 2 aromatic heterocycles. The highest BCUT2D eigenvalue weighted by Gasteiger charge is 2.50. The number of imidazole rings is 1. The van der Waals surface area contributed by atoms with Gasteiger partial charge in [-0.15, -0.1) is 0 Å². The average molecular weight is 423 g/mol. The van der Waals surface area contributed by atoms with Gasteiger partial charge in [-0.1, -0.05) is 11.1 Å². The third-order valence-electron chi connectivity index (χ3n) is 6.34. The number of hydrogen-bond acceptors (Lipinski definition) is 6. The zero-order chi connectivity index (χ0) is 21.5. The van der Waals surface area contributed by atoms with Crippen LogP contribution in [0.5, 0.6) is 5.75 Å². The summed E-state index contributed by atoms with van der Waals surface area (Å²) in [4.78, 5) is 27.7. The Balaban J connectivity index is 1.44. The van der Waals surface area contributed by atoms with E-state index in [2.05, 4.69) is 25.6 Å². The SMILES string of the molecule is CC(C)Oc1cccc(Nc2nc(NC3C4CCC(C4)C3C(N)=O)c3[nH]c[nH+]c3n2)c1. The van der Waals surface area contributed by atoms with Crippen LogP contribution in [0.4, 0.5) is 17.5 Å². The number of benzene rings is 1. The van der Waals surface area contributed by atoms with Gasteiger partial charge in [-0.25, -0.2) is 4.98 Å². The summed E-state index contributed by atoms with van der Waals surface area (Å²) in [5, 5.41) is 6.79. The maximum absolute atomic E-state index is 12.1. The number of anilines is 3. The average Bonchev–Trinajstić information content (AvgIpc) is 3.43. The lowest BCUT2D eigenvalue weighted by atomic mass is 9.84. The number of amides is 1. The summed E-state index contributed by atoms with van der Waals surface area (Å²) >= 11 is 0. The smallest absolute Gasteiger partial charge is 0.307 e. The molecule has 2 aliphatic carbocycles. The Labute approximate surface area is 180 Å². The number of aromatic nitrogens is 4. The minimum absolute atomic E-state index is 0.00623. The third kappa shape index (κ3) is 3.75. The second kappa shape index (κ2) is 7.72. The molecule has 2 saturated carbocycles. The van der Waals surface area contributed by atoms with E-state index in [0.29, 0.717) is 29.2 Å². The van der Waals surface area contributed by atoms with E-state index in [4.69, 9.17) is 15.5 Å². The van der Waals surface area contributed by atoms with E-state index in [0.717, 1.165) is 36.2 Å². The number of fused-ring (bicyclic) bond motifs is 3.